The summed E-state index contributed by atoms with van der Waals surface area (Å²) in [7, 11) is 0. The summed E-state index contributed by atoms with van der Waals surface area (Å²) in [6.07, 6.45) is 3.67. The predicted molar refractivity (Wildman–Crippen MR) is 126 cm³/mol. The van der Waals surface area contributed by atoms with Crippen molar-refractivity contribution in [1.29, 1.82) is 0 Å². The second-order valence-electron chi connectivity index (χ2n) is 8.61. The van der Waals surface area contributed by atoms with Crippen LogP contribution in [0, 0.1) is 5.82 Å². The number of nitrogens with one attached hydrogen (secondary N) is 2. The molecular weight excluding hydrogens is 451 g/mol. The van der Waals surface area contributed by atoms with Crippen LogP contribution in [0.2, 0.25) is 0 Å². The normalized spacial score (nSPS) is 17.1. The number of carbonyl (C=O) groups excluding carboxylic acids is 3. The van der Waals surface area contributed by atoms with Crippen molar-refractivity contribution in [2.45, 2.75) is 45.4 Å². The molecule has 0 bridgehead atoms. The first kappa shape index (κ1) is 24.1. The number of pyridine rings is 1. The van der Waals surface area contributed by atoms with E-state index in [0.29, 0.717) is 18.7 Å². The molecule has 1 unspecified atom stereocenters. The van der Waals surface area contributed by atoms with Gasteiger partial charge >= 0.3 is 0 Å². The lowest BCUT2D eigenvalue weighted by Crippen LogP contribution is -2.64. The van der Waals surface area contributed by atoms with Crippen LogP contribution in [0.5, 0.6) is 0 Å². The van der Waals surface area contributed by atoms with Gasteiger partial charge in [0.1, 0.15) is 17.1 Å². The zero-order chi connectivity index (χ0) is 25.0. The van der Waals surface area contributed by atoms with Gasteiger partial charge in [-0.2, -0.15) is 0 Å². The van der Waals surface area contributed by atoms with Gasteiger partial charge in [0.15, 0.2) is 5.69 Å². The maximum absolute atomic E-state index is 13.6. The number of fused-ring (bicyclic) bond motifs is 1. The Hall–Kier alpha value is -4.08. The maximum atomic E-state index is 13.6. The fourth-order valence-electron chi connectivity index (χ4n) is 4.16. The number of nitrogens with zero attached hydrogens (tertiary/aromatic N) is 4. The summed E-state index contributed by atoms with van der Waals surface area (Å²) in [6, 6.07) is 11.2. The van der Waals surface area contributed by atoms with Gasteiger partial charge in [-0.1, -0.05) is 25.1 Å². The third-order valence-corrected chi connectivity index (χ3v) is 6.03. The molecule has 0 radical (unpaired) electrons. The van der Waals surface area contributed by atoms with E-state index in [1.807, 2.05) is 13.0 Å². The fourth-order valence-corrected chi connectivity index (χ4v) is 4.16. The number of hydrogen-bond donors (Lipinski definition) is 2. The minimum absolute atomic E-state index is 0.0146. The highest BCUT2D eigenvalue weighted by Crippen LogP contribution is 2.29. The molecule has 2 aromatic heterocycles. The lowest BCUT2D eigenvalue weighted by atomic mass is 9.94. The lowest BCUT2D eigenvalue weighted by Gasteiger charge is -2.43. The van der Waals surface area contributed by atoms with Crippen molar-refractivity contribution in [1.82, 2.24) is 30.1 Å². The van der Waals surface area contributed by atoms with Gasteiger partial charge in [-0.15, -0.1) is 0 Å². The van der Waals surface area contributed by atoms with Gasteiger partial charge < -0.3 is 20.1 Å². The van der Waals surface area contributed by atoms with Gasteiger partial charge in [0.2, 0.25) is 5.91 Å². The molecule has 3 amide bonds. The summed E-state index contributed by atoms with van der Waals surface area (Å²) in [5, 5.41) is 5.61. The minimum Gasteiger partial charge on any atom is -0.350 e. The number of halogens is 1. The molecule has 0 saturated carbocycles. The second-order valence-corrected chi connectivity index (χ2v) is 8.61. The van der Waals surface area contributed by atoms with Crippen LogP contribution in [0.4, 0.5) is 4.39 Å². The van der Waals surface area contributed by atoms with Crippen molar-refractivity contribution in [2.75, 3.05) is 6.54 Å². The number of imidazole rings is 1. The number of aromatic nitrogens is 3. The van der Waals surface area contributed by atoms with Gasteiger partial charge in [-0.3, -0.25) is 19.4 Å². The highest BCUT2D eigenvalue weighted by molar-refractivity contribution is 6.07. The van der Waals surface area contributed by atoms with Crippen molar-refractivity contribution in [3.8, 4) is 0 Å². The van der Waals surface area contributed by atoms with Gasteiger partial charge in [-0.25, -0.2) is 9.37 Å². The predicted octanol–water partition coefficient (Wildman–Crippen LogP) is 2.29. The van der Waals surface area contributed by atoms with Crippen LogP contribution < -0.4 is 10.6 Å². The summed E-state index contributed by atoms with van der Waals surface area (Å²) in [6.45, 7) is 4.48. The quantitative estimate of drug-likeness (QED) is 0.516. The minimum atomic E-state index is -1.19. The van der Waals surface area contributed by atoms with Gasteiger partial charge in [0.25, 0.3) is 11.8 Å². The second kappa shape index (κ2) is 10.0. The highest BCUT2D eigenvalue weighted by atomic mass is 19.1. The van der Waals surface area contributed by atoms with E-state index in [9.17, 15) is 18.8 Å². The Kier molecular flexibility index (Phi) is 6.90. The Labute approximate surface area is 202 Å². The van der Waals surface area contributed by atoms with E-state index in [2.05, 4.69) is 20.6 Å². The molecule has 1 aromatic carbocycles. The summed E-state index contributed by atoms with van der Waals surface area (Å²) in [5.74, 6) is -1.62. The molecular formula is C25H27FN6O3. The van der Waals surface area contributed by atoms with Gasteiger partial charge in [-0.05, 0) is 43.2 Å². The molecule has 0 saturated heterocycles. The van der Waals surface area contributed by atoms with Crippen LogP contribution in [-0.2, 0) is 24.4 Å². The molecule has 0 spiro atoms. The number of carbonyl (C=O) groups is 3. The standard InChI is InChI=1S/C25H27FN6O3/c1-3-12-32-23(34)21-20(22(33)28-14-19-6-4-5-11-27-19)30-16-31(21)15-25(32,2)24(35)29-13-17-7-9-18(26)10-8-17/h4-11,16H,3,12-15H2,1-2H3,(H,28,33)(H,29,35). The van der Waals surface area contributed by atoms with E-state index in [4.69, 9.17) is 0 Å². The zero-order valence-corrected chi connectivity index (χ0v) is 19.6. The largest absolute Gasteiger partial charge is 0.350 e. The molecule has 9 nitrogen and oxygen atoms in total. The van der Waals surface area contributed by atoms with Crippen LogP contribution in [-0.4, -0.2) is 49.2 Å². The first-order valence-corrected chi connectivity index (χ1v) is 11.4. The Morgan fingerprint density at radius 1 is 1.09 bits per heavy atom. The zero-order valence-electron chi connectivity index (χ0n) is 19.6. The molecule has 1 aliphatic rings. The number of amides is 3. The smallest absolute Gasteiger partial charge is 0.273 e. The van der Waals surface area contributed by atoms with Gasteiger partial charge in [0, 0.05) is 19.3 Å². The average Bonchev–Trinajstić information content (AvgIpc) is 3.29. The van der Waals surface area contributed by atoms with E-state index in [1.165, 1.54) is 23.4 Å². The molecule has 1 atom stereocenters. The van der Waals surface area contributed by atoms with Crippen molar-refractivity contribution < 1.29 is 18.8 Å². The number of rotatable bonds is 8. The van der Waals surface area contributed by atoms with Crippen LogP contribution in [0.3, 0.4) is 0 Å². The molecule has 0 fully saturated rings. The molecule has 3 heterocycles. The van der Waals surface area contributed by atoms with E-state index >= 15 is 0 Å². The molecule has 182 valence electrons. The van der Waals surface area contributed by atoms with E-state index in [1.54, 1.807) is 42.0 Å². The third kappa shape index (κ3) is 4.91. The summed E-state index contributed by atoms with van der Waals surface area (Å²) in [5.41, 5.74) is 0.394. The molecule has 10 heteroatoms. The monoisotopic (exact) mass is 478 g/mol. The number of hydrogen-bond acceptors (Lipinski definition) is 5. The molecule has 35 heavy (non-hydrogen) atoms. The Morgan fingerprint density at radius 3 is 2.54 bits per heavy atom. The fraction of sp³-hybridized carbons (Fsp3) is 0.320. The van der Waals surface area contributed by atoms with E-state index in [0.717, 1.165) is 5.56 Å². The van der Waals surface area contributed by atoms with Gasteiger partial charge in [0.05, 0.1) is 25.1 Å². The van der Waals surface area contributed by atoms with Crippen molar-refractivity contribution in [3.05, 3.63) is 83.5 Å². The van der Waals surface area contributed by atoms with E-state index < -0.39 is 17.4 Å². The Morgan fingerprint density at radius 2 is 1.86 bits per heavy atom. The van der Waals surface area contributed by atoms with Crippen LogP contribution in [0.25, 0.3) is 0 Å². The SMILES string of the molecule is CCCN1C(=O)c2c(C(=O)NCc3ccccn3)ncn2CC1(C)C(=O)NCc1ccc(F)cc1. The van der Waals surface area contributed by atoms with Crippen LogP contribution in [0.15, 0.2) is 55.0 Å². The average molecular weight is 479 g/mol. The van der Waals surface area contributed by atoms with Crippen molar-refractivity contribution in [2.24, 2.45) is 0 Å². The summed E-state index contributed by atoms with van der Waals surface area (Å²) in [4.78, 5) is 49.6. The van der Waals surface area contributed by atoms with Crippen LogP contribution in [0.1, 0.15) is 52.5 Å². The van der Waals surface area contributed by atoms with E-state index in [-0.39, 0.29) is 42.7 Å². The van der Waals surface area contributed by atoms with Crippen molar-refractivity contribution in [3.63, 3.8) is 0 Å². The molecule has 2 N–H and O–H groups in total. The van der Waals surface area contributed by atoms with Crippen molar-refractivity contribution >= 4 is 17.7 Å². The summed E-state index contributed by atoms with van der Waals surface area (Å²) < 4.78 is 14.7. The Bertz CT molecular complexity index is 1230. The lowest BCUT2D eigenvalue weighted by molar-refractivity contribution is -0.133. The Balaban J connectivity index is 1.54. The first-order valence-electron chi connectivity index (χ1n) is 11.4. The molecule has 3 aromatic rings. The molecule has 1 aliphatic heterocycles. The molecule has 0 aliphatic carbocycles. The highest BCUT2D eigenvalue weighted by Gasteiger charge is 2.48. The first-order chi connectivity index (χ1) is 16.8. The maximum Gasteiger partial charge on any atom is 0.273 e. The topological polar surface area (TPSA) is 109 Å². The number of benzene rings is 1. The third-order valence-electron chi connectivity index (χ3n) is 6.03. The summed E-state index contributed by atoms with van der Waals surface area (Å²) >= 11 is 0. The van der Waals surface area contributed by atoms with Crippen LogP contribution >= 0.6 is 0 Å². The molecule has 4 rings (SSSR count).